The number of anilines is 2. The smallest absolute Gasteiger partial charge is 0.270 e. The van der Waals surface area contributed by atoms with E-state index in [4.69, 9.17) is 10.5 Å². The molecule has 0 spiro atoms. The number of H-pyrrole nitrogens is 2. The number of aromatic nitrogens is 4. The first kappa shape index (κ1) is 30.3. The Labute approximate surface area is 258 Å². The molecule has 0 atom stereocenters. The van der Waals surface area contributed by atoms with Crippen LogP contribution in [0.1, 0.15) is 24.0 Å². The maximum Gasteiger partial charge on any atom is 0.270 e. The molecule has 0 bridgehead atoms. The average Bonchev–Trinajstić information content (AvgIpc) is 3.63. The molecule has 1 fully saturated rings. The predicted molar refractivity (Wildman–Crippen MR) is 175 cm³/mol. The van der Waals surface area contributed by atoms with Crippen molar-refractivity contribution in [3.63, 3.8) is 0 Å². The molecule has 43 heavy (non-hydrogen) atoms. The Balaban J connectivity index is 0.000000196. The summed E-state index contributed by atoms with van der Waals surface area (Å²) in [5, 5.41) is 13.8. The fourth-order valence-electron chi connectivity index (χ4n) is 5.52. The zero-order valence-corrected chi connectivity index (χ0v) is 25.8. The molecule has 1 saturated heterocycles. The zero-order valence-electron chi connectivity index (χ0n) is 24.3. The van der Waals surface area contributed by atoms with E-state index in [0.29, 0.717) is 0 Å². The van der Waals surface area contributed by atoms with Gasteiger partial charge in [-0.3, -0.25) is 15.0 Å². The summed E-state index contributed by atoms with van der Waals surface area (Å²) in [7, 11) is 1.66. The van der Waals surface area contributed by atoms with Gasteiger partial charge >= 0.3 is 0 Å². The monoisotopic (exact) mass is 648 g/mol. The standard InChI is InChI=1S/C20H26N6O.C11H11BrN2O2/c1-27-19-13-22-14-24-20(19)26-9-7-25(8-10-26)6-2-3-15-12-23-18-5-4-16(21)11-17(15)18;12-5-1-2-8-7-13-11-4-3-9(14(15)16)6-10(8)11/h4-5,11-14,23H,2-3,6-10,21H2,1H3;3-4,6-7,13H,1-2,5H2. The van der Waals surface area contributed by atoms with Crippen LogP contribution in [-0.2, 0) is 12.8 Å². The number of nitrogens with two attached hydrogens (primary N) is 1. The van der Waals surface area contributed by atoms with Gasteiger partial charge < -0.3 is 25.3 Å². The van der Waals surface area contributed by atoms with Gasteiger partial charge in [0, 0.05) is 83.5 Å². The van der Waals surface area contributed by atoms with Crippen molar-refractivity contribution < 1.29 is 9.66 Å². The molecule has 6 rings (SSSR count). The second kappa shape index (κ2) is 14.3. The molecule has 0 saturated carbocycles. The lowest BCUT2D eigenvalue weighted by Gasteiger charge is -2.35. The van der Waals surface area contributed by atoms with Gasteiger partial charge in [-0.15, -0.1) is 0 Å². The molecule has 4 heterocycles. The third-order valence-corrected chi connectivity index (χ3v) is 8.36. The number of halogens is 1. The molecule has 1 aliphatic heterocycles. The van der Waals surface area contributed by atoms with Gasteiger partial charge in [-0.2, -0.15) is 0 Å². The quantitative estimate of drug-likeness (QED) is 0.0757. The number of nitrogens with one attached hydrogen (secondary N) is 2. The molecule has 0 aliphatic carbocycles. The Morgan fingerprint density at radius 2 is 1.67 bits per heavy atom. The van der Waals surface area contributed by atoms with Crippen molar-refractivity contribution in [2.24, 2.45) is 0 Å². The van der Waals surface area contributed by atoms with E-state index in [1.54, 1.807) is 31.8 Å². The number of rotatable bonds is 10. The molecule has 2 aromatic carbocycles. The third kappa shape index (κ3) is 7.44. The topological polar surface area (TPSA) is 142 Å². The van der Waals surface area contributed by atoms with Crippen LogP contribution in [0.5, 0.6) is 5.75 Å². The molecule has 0 radical (unpaired) electrons. The SMILES string of the molecule is COc1cncnc1N1CCN(CCCc2c[nH]c3ccc(N)cc23)CC1.O=[N+]([O-])c1ccc2[nH]cc(CCCBr)c2c1. The number of benzene rings is 2. The summed E-state index contributed by atoms with van der Waals surface area (Å²) in [5.41, 5.74) is 11.5. The molecule has 11 nitrogen and oxygen atoms in total. The molecule has 5 aromatic rings. The lowest BCUT2D eigenvalue weighted by Crippen LogP contribution is -2.47. The fraction of sp³-hybridized carbons (Fsp3) is 0.355. The summed E-state index contributed by atoms with van der Waals surface area (Å²) in [5.74, 6) is 1.63. The first-order chi connectivity index (χ1) is 21.0. The first-order valence-corrected chi connectivity index (χ1v) is 15.6. The van der Waals surface area contributed by atoms with Crippen molar-refractivity contribution in [3.8, 4) is 5.75 Å². The van der Waals surface area contributed by atoms with Gasteiger partial charge in [0.15, 0.2) is 11.6 Å². The molecule has 226 valence electrons. The number of nitro groups is 1. The molecule has 1 aliphatic rings. The molecular weight excluding hydrogens is 612 g/mol. The van der Waals surface area contributed by atoms with E-state index < -0.39 is 0 Å². The van der Waals surface area contributed by atoms with Crippen LogP contribution in [0.15, 0.2) is 61.3 Å². The lowest BCUT2D eigenvalue weighted by molar-refractivity contribution is -0.384. The molecule has 4 N–H and O–H groups in total. The van der Waals surface area contributed by atoms with Gasteiger partial charge in [-0.25, -0.2) is 9.97 Å². The average molecular weight is 650 g/mol. The van der Waals surface area contributed by atoms with Crippen molar-refractivity contribution in [1.82, 2.24) is 24.8 Å². The number of methoxy groups -OCH3 is 1. The van der Waals surface area contributed by atoms with Gasteiger partial charge in [-0.1, -0.05) is 15.9 Å². The number of ether oxygens (including phenoxy) is 1. The van der Waals surface area contributed by atoms with Crippen LogP contribution < -0.4 is 15.4 Å². The van der Waals surface area contributed by atoms with E-state index >= 15 is 0 Å². The second-order valence-corrected chi connectivity index (χ2v) is 11.4. The minimum absolute atomic E-state index is 0.146. The van der Waals surface area contributed by atoms with E-state index in [0.717, 1.165) is 103 Å². The molecule has 12 heteroatoms. The summed E-state index contributed by atoms with van der Waals surface area (Å²) < 4.78 is 5.38. The third-order valence-electron chi connectivity index (χ3n) is 7.80. The highest BCUT2D eigenvalue weighted by Crippen LogP contribution is 2.26. The number of alkyl halides is 1. The Bertz CT molecular complexity index is 1660. The summed E-state index contributed by atoms with van der Waals surface area (Å²) in [4.78, 5) is 30.0. The van der Waals surface area contributed by atoms with Crippen molar-refractivity contribution in [2.75, 3.05) is 55.8 Å². The number of aromatic amines is 2. The summed E-state index contributed by atoms with van der Waals surface area (Å²) >= 11 is 3.38. The van der Waals surface area contributed by atoms with Gasteiger partial charge in [0.25, 0.3) is 5.69 Å². The Morgan fingerprint density at radius 3 is 2.35 bits per heavy atom. The Kier molecular flexibility index (Phi) is 10.1. The Hall–Kier alpha value is -4.16. The minimum atomic E-state index is -0.360. The van der Waals surface area contributed by atoms with E-state index in [9.17, 15) is 10.1 Å². The number of hydrogen-bond donors (Lipinski definition) is 3. The van der Waals surface area contributed by atoms with Crippen LogP contribution in [0, 0.1) is 10.1 Å². The first-order valence-electron chi connectivity index (χ1n) is 14.4. The number of non-ortho nitro benzene ring substituents is 1. The summed E-state index contributed by atoms with van der Waals surface area (Å²) in [6, 6.07) is 11.0. The van der Waals surface area contributed by atoms with Crippen molar-refractivity contribution >= 4 is 54.9 Å². The van der Waals surface area contributed by atoms with Crippen molar-refractivity contribution in [1.29, 1.82) is 0 Å². The molecule has 0 amide bonds. The number of piperazine rings is 1. The van der Waals surface area contributed by atoms with Crippen LogP contribution in [0.4, 0.5) is 17.2 Å². The summed E-state index contributed by atoms with van der Waals surface area (Å²) in [6.45, 7) is 5.08. The van der Waals surface area contributed by atoms with E-state index in [2.05, 4.69) is 64.0 Å². The van der Waals surface area contributed by atoms with Crippen LogP contribution in [-0.4, -0.2) is 74.9 Å². The number of aryl methyl sites for hydroxylation is 2. The van der Waals surface area contributed by atoms with Crippen LogP contribution in [0.2, 0.25) is 0 Å². The van der Waals surface area contributed by atoms with Crippen LogP contribution >= 0.6 is 15.9 Å². The highest BCUT2D eigenvalue weighted by molar-refractivity contribution is 9.09. The van der Waals surface area contributed by atoms with Crippen LogP contribution in [0.3, 0.4) is 0 Å². The fourth-order valence-corrected chi connectivity index (χ4v) is 5.80. The zero-order chi connectivity index (χ0) is 30.2. The van der Waals surface area contributed by atoms with Crippen molar-refractivity contribution in [3.05, 3.63) is 82.6 Å². The normalized spacial score (nSPS) is 13.7. The maximum atomic E-state index is 10.7. The molecule has 3 aromatic heterocycles. The number of nitro benzene ring substituents is 1. The van der Waals surface area contributed by atoms with E-state index in [1.165, 1.54) is 17.0 Å². The Morgan fingerprint density at radius 1 is 1.00 bits per heavy atom. The minimum Gasteiger partial charge on any atom is -0.491 e. The maximum absolute atomic E-state index is 10.7. The predicted octanol–water partition coefficient (Wildman–Crippen LogP) is 5.71. The number of nitrogens with zero attached hydrogens (tertiary/aromatic N) is 5. The van der Waals surface area contributed by atoms with Gasteiger partial charge in [0.05, 0.1) is 18.2 Å². The molecule has 0 unspecified atom stereocenters. The number of nitrogen functional groups attached to an aromatic ring is 1. The highest BCUT2D eigenvalue weighted by Gasteiger charge is 2.20. The van der Waals surface area contributed by atoms with Crippen molar-refractivity contribution in [2.45, 2.75) is 25.7 Å². The second-order valence-electron chi connectivity index (χ2n) is 10.6. The van der Waals surface area contributed by atoms with E-state index in [-0.39, 0.29) is 10.6 Å². The number of fused-ring (bicyclic) bond motifs is 2. The van der Waals surface area contributed by atoms with Gasteiger partial charge in [0.2, 0.25) is 0 Å². The van der Waals surface area contributed by atoms with E-state index in [1.807, 2.05) is 12.3 Å². The lowest BCUT2D eigenvalue weighted by atomic mass is 10.1. The summed E-state index contributed by atoms with van der Waals surface area (Å²) in [6.07, 6.45) is 11.5. The van der Waals surface area contributed by atoms with Gasteiger partial charge in [0.1, 0.15) is 6.33 Å². The highest BCUT2D eigenvalue weighted by atomic mass is 79.9. The number of hydrogen-bond acceptors (Lipinski definition) is 8. The largest absolute Gasteiger partial charge is 0.491 e. The molecular formula is C31H37BrN8O3. The van der Waals surface area contributed by atoms with Gasteiger partial charge in [-0.05, 0) is 67.6 Å². The van der Waals surface area contributed by atoms with Crippen LogP contribution in [0.25, 0.3) is 21.8 Å².